The SMILES string of the molecule is CC(C)C(NC(=O)c1c(F)cccc1F)C(=O)N1CCC(N)C(C)(C)C1.Cl. The highest BCUT2D eigenvalue weighted by Gasteiger charge is 2.38. The van der Waals surface area contributed by atoms with Crippen molar-refractivity contribution < 1.29 is 18.4 Å². The molecule has 1 aliphatic rings. The molecular weight excluding hydrogens is 376 g/mol. The molecule has 1 heterocycles. The molecule has 0 bridgehead atoms. The molecule has 1 aliphatic heterocycles. The van der Waals surface area contributed by atoms with Crippen LogP contribution in [0.3, 0.4) is 0 Å². The van der Waals surface area contributed by atoms with E-state index in [4.69, 9.17) is 5.73 Å². The lowest BCUT2D eigenvalue weighted by molar-refractivity contribution is -0.137. The number of carbonyl (C=O) groups is 2. The number of piperidine rings is 1. The van der Waals surface area contributed by atoms with E-state index in [1.807, 2.05) is 13.8 Å². The van der Waals surface area contributed by atoms with Crippen LogP contribution in [-0.2, 0) is 4.79 Å². The number of amides is 2. The van der Waals surface area contributed by atoms with Gasteiger partial charge in [0.05, 0.1) is 0 Å². The fraction of sp³-hybridized carbons (Fsp3) is 0.579. The van der Waals surface area contributed by atoms with Crippen molar-refractivity contribution in [3.8, 4) is 0 Å². The number of nitrogens with one attached hydrogen (secondary N) is 1. The van der Waals surface area contributed by atoms with Gasteiger partial charge in [0.1, 0.15) is 23.2 Å². The summed E-state index contributed by atoms with van der Waals surface area (Å²) in [6, 6.07) is 2.33. The standard InChI is InChI=1S/C19H27F2N3O2.ClH/c1-11(2)16(18(26)24-9-8-14(22)19(3,4)10-24)23-17(25)15-12(20)6-5-7-13(15)21;/h5-7,11,14,16H,8-10,22H2,1-4H3,(H,23,25);1H. The smallest absolute Gasteiger partial charge is 0.257 e. The van der Waals surface area contributed by atoms with Crippen LogP contribution in [0.1, 0.15) is 44.5 Å². The van der Waals surface area contributed by atoms with E-state index in [0.29, 0.717) is 19.5 Å². The van der Waals surface area contributed by atoms with Gasteiger partial charge in [-0.2, -0.15) is 0 Å². The Morgan fingerprint density at radius 3 is 2.30 bits per heavy atom. The molecule has 0 radical (unpaired) electrons. The summed E-state index contributed by atoms with van der Waals surface area (Å²) in [7, 11) is 0. The first-order valence-corrected chi connectivity index (χ1v) is 8.84. The van der Waals surface area contributed by atoms with Gasteiger partial charge in [-0.1, -0.05) is 33.8 Å². The Morgan fingerprint density at radius 1 is 1.26 bits per heavy atom. The molecule has 152 valence electrons. The maximum Gasteiger partial charge on any atom is 0.257 e. The fourth-order valence-corrected chi connectivity index (χ4v) is 3.20. The lowest BCUT2D eigenvalue weighted by atomic mass is 9.79. The van der Waals surface area contributed by atoms with Crippen molar-refractivity contribution in [1.82, 2.24) is 10.2 Å². The number of nitrogens with zero attached hydrogens (tertiary/aromatic N) is 1. The van der Waals surface area contributed by atoms with Crippen LogP contribution >= 0.6 is 12.4 Å². The molecule has 2 rings (SSSR count). The Labute approximate surface area is 165 Å². The van der Waals surface area contributed by atoms with Crippen LogP contribution < -0.4 is 11.1 Å². The molecule has 2 unspecified atom stereocenters. The van der Waals surface area contributed by atoms with Crippen LogP contribution in [0.4, 0.5) is 8.78 Å². The molecule has 0 saturated carbocycles. The normalized spacial score (nSPS) is 20.0. The van der Waals surface area contributed by atoms with Crippen molar-refractivity contribution in [1.29, 1.82) is 0 Å². The number of halogens is 3. The van der Waals surface area contributed by atoms with Crippen molar-refractivity contribution in [2.24, 2.45) is 17.1 Å². The van der Waals surface area contributed by atoms with E-state index in [2.05, 4.69) is 5.32 Å². The van der Waals surface area contributed by atoms with Gasteiger partial charge < -0.3 is 16.0 Å². The van der Waals surface area contributed by atoms with Crippen molar-refractivity contribution in [2.75, 3.05) is 13.1 Å². The van der Waals surface area contributed by atoms with Crippen molar-refractivity contribution >= 4 is 24.2 Å². The predicted molar refractivity (Wildman–Crippen MR) is 103 cm³/mol. The minimum Gasteiger partial charge on any atom is -0.340 e. The number of benzene rings is 1. The Bertz CT molecular complexity index is 677. The van der Waals surface area contributed by atoms with Crippen molar-refractivity contribution in [2.45, 2.75) is 46.2 Å². The van der Waals surface area contributed by atoms with Gasteiger partial charge in [0.25, 0.3) is 5.91 Å². The Balaban J connectivity index is 0.00000364. The summed E-state index contributed by atoms with van der Waals surface area (Å²) >= 11 is 0. The molecule has 5 nitrogen and oxygen atoms in total. The van der Waals surface area contributed by atoms with E-state index in [1.165, 1.54) is 6.07 Å². The van der Waals surface area contributed by atoms with Gasteiger partial charge in [-0.15, -0.1) is 12.4 Å². The molecule has 1 aromatic carbocycles. The largest absolute Gasteiger partial charge is 0.340 e. The van der Waals surface area contributed by atoms with Gasteiger partial charge in [0, 0.05) is 19.1 Å². The maximum absolute atomic E-state index is 13.8. The minimum atomic E-state index is -0.956. The number of rotatable bonds is 4. The molecule has 0 aliphatic carbocycles. The summed E-state index contributed by atoms with van der Waals surface area (Å²) in [6.45, 7) is 8.52. The van der Waals surface area contributed by atoms with E-state index >= 15 is 0 Å². The second-order valence-electron chi connectivity index (χ2n) is 7.94. The highest BCUT2D eigenvalue weighted by molar-refractivity contribution is 5.98. The number of hydrogen-bond acceptors (Lipinski definition) is 3. The molecule has 27 heavy (non-hydrogen) atoms. The molecule has 8 heteroatoms. The average molecular weight is 404 g/mol. The topological polar surface area (TPSA) is 75.4 Å². The van der Waals surface area contributed by atoms with E-state index < -0.39 is 29.1 Å². The van der Waals surface area contributed by atoms with Crippen molar-refractivity contribution in [3.63, 3.8) is 0 Å². The molecule has 2 amide bonds. The summed E-state index contributed by atoms with van der Waals surface area (Å²) in [5.74, 6) is -3.34. The number of carbonyl (C=O) groups excluding carboxylic acids is 2. The van der Waals surface area contributed by atoms with Crippen LogP contribution in [0.25, 0.3) is 0 Å². The summed E-state index contributed by atoms with van der Waals surface area (Å²) in [5, 5.41) is 2.51. The summed E-state index contributed by atoms with van der Waals surface area (Å²) in [6.07, 6.45) is 0.666. The second-order valence-corrected chi connectivity index (χ2v) is 7.94. The van der Waals surface area contributed by atoms with Gasteiger partial charge in [0.15, 0.2) is 0 Å². The first kappa shape index (κ1) is 23.3. The van der Waals surface area contributed by atoms with E-state index in [1.54, 1.807) is 18.7 Å². The molecule has 3 N–H and O–H groups in total. The number of likely N-dealkylation sites (tertiary alicyclic amines) is 1. The number of nitrogens with two attached hydrogens (primary N) is 1. The predicted octanol–water partition coefficient (Wildman–Crippen LogP) is 2.73. The third kappa shape index (κ3) is 5.17. The zero-order valence-electron chi connectivity index (χ0n) is 16.1. The lowest BCUT2D eigenvalue weighted by Crippen LogP contribution is -2.59. The van der Waals surface area contributed by atoms with Gasteiger partial charge in [-0.25, -0.2) is 8.78 Å². The summed E-state index contributed by atoms with van der Waals surface area (Å²) in [5.41, 5.74) is 5.20. The maximum atomic E-state index is 13.8. The molecule has 1 saturated heterocycles. The quantitative estimate of drug-likeness (QED) is 0.811. The Hall–Kier alpha value is -1.73. The molecule has 0 spiro atoms. The van der Waals surface area contributed by atoms with Crippen LogP contribution in [0.2, 0.25) is 0 Å². The Morgan fingerprint density at radius 2 is 1.81 bits per heavy atom. The number of hydrogen-bond donors (Lipinski definition) is 2. The highest BCUT2D eigenvalue weighted by atomic mass is 35.5. The van der Waals surface area contributed by atoms with E-state index in [0.717, 1.165) is 12.1 Å². The summed E-state index contributed by atoms with van der Waals surface area (Å²) in [4.78, 5) is 27.0. The van der Waals surface area contributed by atoms with Crippen LogP contribution in [0.5, 0.6) is 0 Å². The first-order chi connectivity index (χ1) is 12.0. The van der Waals surface area contributed by atoms with E-state index in [-0.39, 0.29) is 35.7 Å². The van der Waals surface area contributed by atoms with Gasteiger partial charge in [-0.05, 0) is 29.9 Å². The zero-order valence-corrected chi connectivity index (χ0v) is 16.9. The molecule has 2 atom stereocenters. The monoisotopic (exact) mass is 403 g/mol. The van der Waals surface area contributed by atoms with Gasteiger partial charge >= 0.3 is 0 Å². The fourth-order valence-electron chi connectivity index (χ4n) is 3.20. The van der Waals surface area contributed by atoms with Gasteiger partial charge in [0.2, 0.25) is 5.91 Å². The zero-order chi connectivity index (χ0) is 19.6. The molecule has 1 fully saturated rings. The lowest BCUT2D eigenvalue weighted by Gasteiger charge is -2.44. The minimum absolute atomic E-state index is 0. The Kier molecular flexibility index (Phi) is 7.75. The third-order valence-electron chi connectivity index (χ3n) is 5.03. The highest BCUT2D eigenvalue weighted by Crippen LogP contribution is 2.28. The van der Waals surface area contributed by atoms with E-state index in [9.17, 15) is 18.4 Å². The summed E-state index contributed by atoms with van der Waals surface area (Å²) < 4.78 is 27.7. The van der Waals surface area contributed by atoms with Crippen LogP contribution in [-0.4, -0.2) is 41.9 Å². The van der Waals surface area contributed by atoms with Crippen molar-refractivity contribution in [3.05, 3.63) is 35.4 Å². The average Bonchev–Trinajstić information content (AvgIpc) is 2.54. The van der Waals surface area contributed by atoms with Crippen LogP contribution in [0.15, 0.2) is 18.2 Å². The van der Waals surface area contributed by atoms with Gasteiger partial charge in [-0.3, -0.25) is 9.59 Å². The van der Waals surface area contributed by atoms with Crippen LogP contribution in [0, 0.1) is 23.0 Å². The second kappa shape index (κ2) is 8.97. The third-order valence-corrected chi connectivity index (χ3v) is 5.03. The molecule has 0 aromatic heterocycles. The first-order valence-electron chi connectivity index (χ1n) is 8.84. The molecule has 1 aromatic rings. The molecular formula is C19H28ClF2N3O2.